The fourth-order valence-electron chi connectivity index (χ4n) is 2.39. The van der Waals surface area contributed by atoms with Crippen molar-refractivity contribution in [2.24, 2.45) is 0 Å². The van der Waals surface area contributed by atoms with E-state index in [0.717, 1.165) is 19.3 Å². The Morgan fingerprint density at radius 2 is 2.10 bits per heavy atom. The molecule has 0 aromatic heterocycles. The number of hydrogen-bond donors (Lipinski definition) is 2. The molecule has 2 amide bonds. The van der Waals surface area contributed by atoms with Crippen LogP contribution >= 0.6 is 15.9 Å². The van der Waals surface area contributed by atoms with Crippen LogP contribution in [0.25, 0.3) is 0 Å². The summed E-state index contributed by atoms with van der Waals surface area (Å²) in [7, 11) is 0. The van der Waals surface area contributed by atoms with Crippen molar-refractivity contribution >= 4 is 33.6 Å². The molecule has 0 bridgehead atoms. The van der Waals surface area contributed by atoms with Gasteiger partial charge in [-0.25, -0.2) is 14.0 Å². The molecule has 1 aliphatic rings. The molecule has 1 aliphatic heterocycles. The summed E-state index contributed by atoms with van der Waals surface area (Å²) in [5.74, 6) is -1.48. The highest BCUT2D eigenvalue weighted by Gasteiger charge is 2.31. The maximum Gasteiger partial charge on any atom is 0.326 e. The van der Waals surface area contributed by atoms with Crippen molar-refractivity contribution < 1.29 is 19.1 Å². The van der Waals surface area contributed by atoms with Gasteiger partial charge in [-0.2, -0.15) is 0 Å². The average molecular weight is 359 g/mol. The predicted octanol–water partition coefficient (Wildman–Crippen LogP) is 3.45. The average Bonchev–Trinajstić information content (AvgIpc) is 2.68. The summed E-state index contributed by atoms with van der Waals surface area (Å²) in [6.45, 7) is 0.385. The number of nitrogens with one attached hydrogen (secondary N) is 1. The van der Waals surface area contributed by atoms with E-state index in [1.165, 1.54) is 23.1 Å². The van der Waals surface area contributed by atoms with Gasteiger partial charge in [0.25, 0.3) is 0 Å². The van der Waals surface area contributed by atoms with Gasteiger partial charge in [0.2, 0.25) is 0 Å². The Morgan fingerprint density at radius 1 is 1.33 bits per heavy atom. The standard InChI is InChI=1S/C14H16BrFN2O3/c15-10-6-5-9(16)8-11(10)17-14(21)18-7-3-1-2-4-12(18)13(19)20/h5-6,8,12H,1-4,7H2,(H,17,21)(H,19,20). The number of nitrogens with zero attached hydrogens (tertiary/aromatic N) is 1. The highest BCUT2D eigenvalue weighted by Crippen LogP contribution is 2.25. The van der Waals surface area contributed by atoms with Crippen LogP contribution in [0.15, 0.2) is 22.7 Å². The third-order valence-electron chi connectivity index (χ3n) is 3.47. The molecule has 0 spiro atoms. The summed E-state index contributed by atoms with van der Waals surface area (Å²) in [6.07, 6.45) is 2.89. The van der Waals surface area contributed by atoms with Crippen LogP contribution in [0.5, 0.6) is 0 Å². The van der Waals surface area contributed by atoms with E-state index in [1.54, 1.807) is 0 Å². The quantitative estimate of drug-likeness (QED) is 0.850. The van der Waals surface area contributed by atoms with Crippen LogP contribution in [0, 0.1) is 5.82 Å². The van der Waals surface area contributed by atoms with Crippen molar-refractivity contribution in [2.75, 3.05) is 11.9 Å². The Bertz CT molecular complexity index is 553. The van der Waals surface area contributed by atoms with Crippen molar-refractivity contribution in [1.82, 2.24) is 4.90 Å². The monoisotopic (exact) mass is 358 g/mol. The van der Waals surface area contributed by atoms with E-state index in [4.69, 9.17) is 0 Å². The van der Waals surface area contributed by atoms with E-state index >= 15 is 0 Å². The van der Waals surface area contributed by atoms with Crippen molar-refractivity contribution in [3.63, 3.8) is 0 Å². The van der Waals surface area contributed by atoms with Crippen LogP contribution in [0.4, 0.5) is 14.9 Å². The van der Waals surface area contributed by atoms with Crippen molar-refractivity contribution in [1.29, 1.82) is 0 Å². The van der Waals surface area contributed by atoms with Crippen LogP contribution in [-0.4, -0.2) is 34.6 Å². The van der Waals surface area contributed by atoms with Gasteiger partial charge in [-0.1, -0.05) is 12.8 Å². The molecule has 1 unspecified atom stereocenters. The third-order valence-corrected chi connectivity index (χ3v) is 4.16. The molecule has 1 fully saturated rings. The van der Waals surface area contributed by atoms with Gasteiger partial charge in [0, 0.05) is 11.0 Å². The number of hydrogen-bond acceptors (Lipinski definition) is 2. The summed E-state index contributed by atoms with van der Waals surface area (Å²) in [6, 6.07) is 2.60. The highest BCUT2D eigenvalue weighted by atomic mass is 79.9. The van der Waals surface area contributed by atoms with E-state index in [9.17, 15) is 19.1 Å². The second-order valence-electron chi connectivity index (χ2n) is 4.95. The summed E-state index contributed by atoms with van der Waals surface area (Å²) < 4.78 is 13.8. The van der Waals surface area contributed by atoms with E-state index in [1.807, 2.05) is 0 Å². The number of amides is 2. The molecule has 1 saturated heterocycles. The number of halogens is 2. The number of carbonyl (C=O) groups is 2. The van der Waals surface area contributed by atoms with Crippen LogP contribution in [0.1, 0.15) is 25.7 Å². The molecular formula is C14H16BrFN2O3. The fourth-order valence-corrected chi connectivity index (χ4v) is 2.73. The second kappa shape index (κ2) is 6.89. The zero-order chi connectivity index (χ0) is 15.4. The van der Waals surface area contributed by atoms with Crippen molar-refractivity contribution in [3.05, 3.63) is 28.5 Å². The van der Waals surface area contributed by atoms with Crippen LogP contribution < -0.4 is 5.32 Å². The summed E-state index contributed by atoms with van der Waals surface area (Å²) in [4.78, 5) is 24.9. The largest absolute Gasteiger partial charge is 0.480 e. The predicted molar refractivity (Wildman–Crippen MR) is 79.7 cm³/mol. The number of likely N-dealkylation sites (tertiary alicyclic amines) is 1. The van der Waals surface area contributed by atoms with Gasteiger partial charge in [-0.05, 0) is 47.0 Å². The number of carboxylic acid groups (broad SMARTS) is 1. The Balaban J connectivity index is 2.16. The molecular weight excluding hydrogens is 343 g/mol. The number of aliphatic carboxylic acids is 1. The van der Waals surface area contributed by atoms with E-state index in [0.29, 0.717) is 17.4 Å². The van der Waals surface area contributed by atoms with E-state index in [2.05, 4.69) is 21.2 Å². The second-order valence-corrected chi connectivity index (χ2v) is 5.81. The lowest BCUT2D eigenvalue weighted by atomic mass is 10.1. The van der Waals surface area contributed by atoms with Gasteiger partial charge >= 0.3 is 12.0 Å². The van der Waals surface area contributed by atoms with Crippen molar-refractivity contribution in [2.45, 2.75) is 31.7 Å². The molecule has 21 heavy (non-hydrogen) atoms. The number of benzene rings is 1. The SMILES string of the molecule is O=C(O)C1CCCCCN1C(=O)Nc1cc(F)ccc1Br. The summed E-state index contributed by atoms with van der Waals surface area (Å²) >= 11 is 3.23. The zero-order valence-electron chi connectivity index (χ0n) is 11.3. The Labute approximate surface area is 130 Å². The lowest BCUT2D eigenvalue weighted by Gasteiger charge is -2.27. The topological polar surface area (TPSA) is 69.6 Å². The van der Waals surface area contributed by atoms with Crippen molar-refractivity contribution in [3.8, 4) is 0 Å². The number of rotatable bonds is 2. The summed E-state index contributed by atoms with van der Waals surface area (Å²) in [5, 5.41) is 11.8. The summed E-state index contributed by atoms with van der Waals surface area (Å²) in [5.41, 5.74) is 0.286. The lowest BCUT2D eigenvalue weighted by molar-refractivity contribution is -0.142. The number of urea groups is 1. The van der Waals surface area contributed by atoms with Crippen LogP contribution in [-0.2, 0) is 4.79 Å². The minimum atomic E-state index is -1.01. The van der Waals surface area contributed by atoms with Gasteiger partial charge in [0.1, 0.15) is 11.9 Å². The first-order valence-electron chi connectivity index (χ1n) is 6.74. The first kappa shape index (κ1) is 15.8. The molecule has 0 radical (unpaired) electrons. The van der Waals surface area contributed by atoms with Gasteiger partial charge in [-0.3, -0.25) is 0 Å². The number of carbonyl (C=O) groups excluding carboxylic acids is 1. The number of carboxylic acids is 1. The molecule has 114 valence electrons. The Hall–Kier alpha value is -1.63. The Kier molecular flexibility index (Phi) is 5.17. The molecule has 5 nitrogen and oxygen atoms in total. The molecule has 0 saturated carbocycles. The van der Waals surface area contributed by atoms with E-state index < -0.39 is 23.9 Å². The van der Waals surface area contributed by atoms with Crippen LogP contribution in [0.2, 0.25) is 0 Å². The Morgan fingerprint density at radius 3 is 2.81 bits per heavy atom. The normalized spacial score (nSPS) is 19.0. The van der Waals surface area contributed by atoms with Gasteiger partial charge < -0.3 is 15.3 Å². The highest BCUT2D eigenvalue weighted by molar-refractivity contribution is 9.10. The molecule has 1 aromatic rings. The van der Waals surface area contributed by atoms with Gasteiger partial charge in [-0.15, -0.1) is 0 Å². The van der Waals surface area contributed by atoms with Gasteiger partial charge in [0.15, 0.2) is 0 Å². The fraction of sp³-hybridized carbons (Fsp3) is 0.429. The molecule has 1 atom stereocenters. The smallest absolute Gasteiger partial charge is 0.326 e. The van der Waals surface area contributed by atoms with E-state index in [-0.39, 0.29) is 5.69 Å². The maximum absolute atomic E-state index is 13.2. The lowest BCUT2D eigenvalue weighted by Crippen LogP contribution is -2.46. The van der Waals surface area contributed by atoms with Crippen LogP contribution in [0.3, 0.4) is 0 Å². The molecule has 2 N–H and O–H groups in total. The zero-order valence-corrected chi connectivity index (χ0v) is 12.9. The maximum atomic E-state index is 13.2. The minimum absolute atomic E-state index is 0.286. The molecule has 1 heterocycles. The van der Waals surface area contributed by atoms with Gasteiger partial charge in [0.05, 0.1) is 5.69 Å². The third kappa shape index (κ3) is 3.93. The molecule has 1 aromatic carbocycles. The number of anilines is 1. The first-order valence-corrected chi connectivity index (χ1v) is 7.54. The molecule has 7 heteroatoms. The molecule has 0 aliphatic carbocycles. The minimum Gasteiger partial charge on any atom is -0.480 e. The first-order chi connectivity index (χ1) is 9.99. The molecule has 2 rings (SSSR count).